The van der Waals surface area contributed by atoms with Crippen molar-refractivity contribution in [3.05, 3.63) is 0 Å². The van der Waals surface area contributed by atoms with Gasteiger partial charge in [-0.05, 0) is 13.8 Å². The van der Waals surface area contributed by atoms with Crippen molar-refractivity contribution in [3.8, 4) is 0 Å². The van der Waals surface area contributed by atoms with E-state index in [9.17, 15) is 4.57 Å². The van der Waals surface area contributed by atoms with Crippen molar-refractivity contribution < 1.29 is 18.3 Å². The van der Waals surface area contributed by atoms with E-state index in [1.807, 2.05) is 13.8 Å². The lowest BCUT2D eigenvalue weighted by Gasteiger charge is -2.40. The molecule has 0 spiro atoms. The zero-order chi connectivity index (χ0) is 10.7. The third kappa shape index (κ3) is 2.50. The highest BCUT2D eigenvalue weighted by Crippen LogP contribution is 2.34. The van der Waals surface area contributed by atoms with E-state index in [1.165, 1.54) is 0 Å². The molecule has 6 unspecified atom stereocenters. The van der Waals surface area contributed by atoms with E-state index in [4.69, 9.17) is 13.8 Å². The van der Waals surface area contributed by atoms with Gasteiger partial charge in [0.15, 0.2) is 8.46 Å². The van der Waals surface area contributed by atoms with Crippen molar-refractivity contribution >= 4 is 27.4 Å². The van der Waals surface area contributed by atoms with Crippen molar-refractivity contribution in [2.24, 2.45) is 0 Å². The lowest BCUT2D eigenvalue weighted by Crippen LogP contribution is -2.53. The second kappa shape index (κ2) is 5.80. The Morgan fingerprint density at radius 3 is 1.86 bits per heavy atom. The second-order valence-corrected chi connectivity index (χ2v) is 4.70. The maximum Gasteiger partial charge on any atom is 0.164 e. The van der Waals surface area contributed by atoms with Crippen LogP contribution in [-0.2, 0) is 18.3 Å². The highest BCUT2D eigenvalue weighted by Gasteiger charge is 2.43. The normalized spacial score (nSPS) is 44.1. The van der Waals surface area contributed by atoms with Gasteiger partial charge >= 0.3 is 0 Å². The molecule has 14 heavy (non-hydrogen) atoms. The molecule has 7 heteroatoms. The Morgan fingerprint density at radius 1 is 1.14 bits per heavy atom. The minimum Gasteiger partial charge on any atom is -0.370 e. The summed E-state index contributed by atoms with van der Waals surface area (Å²) in [6, 6.07) is 0. The van der Waals surface area contributed by atoms with Gasteiger partial charge < -0.3 is 13.8 Å². The summed E-state index contributed by atoms with van der Waals surface area (Å²) < 4.78 is 27.0. The zero-order valence-electron chi connectivity index (χ0n) is 8.12. The van der Waals surface area contributed by atoms with Gasteiger partial charge in [0.1, 0.15) is 12.2 Å². The maximum absolute atomic E-state index is 11.1. The summed E-state index contributed by atoms with van der Waals surface area (Å²) in [4.78, 5) is 0. The van der Waals surface area contributed by atoms with Crippen LogP contribution in [0.4, 0.5) is 0 Å². The highest BCUT2D eigenvalue weighted by molar-refractivity contribution is 7.25. The molecule has 0 aromatic carbocycles. The number of hydrogen-bond acceptors (Lipinski definition) is 4. The van der Waals surface area contributed by atoms with Gasteiger partial charge in [-0.15, -0.1) is 0 Å². The Balaban J connectivity index is 2.81. The second-order valence-electron chi connectivity index (χ2n) is 3.34. The fraction of sp³-hybridized carbons (Fsp3) is 1.00. The molecule has 0 amide bonds. The van der Waals surface area contributed by atoms with E-state index >= 15 is 0 Å². The summed E-state index contributed by atoms with van der Waals surface area (Å²) in [6.07, 6.45) is -0.600. The molecule has 6 atom stereocenters. The molecule has 0 bridgehead atoms. The minimum absolute atomic E-state index is 0.0292. The third-order valence-corrected chi connectivity index (χ3v) is 3.92. The molecule has 0 aromatic heterocycles. The summed E-state index contributed by atoms with van der Waals surface area (Å²) in [5.41, 5.74) is -0.191. The van der Waals surface area contributed by atoms with E-state index < -0.39 is 0 Å². The van der Waals surface area contributed by atoms with Crippen molar-refractivity contribution in [1.82, 2.24) is 0 Å². The first-order valence-electron chi connectivity index (χ1n) is 4.34. The van der Waals surface area contributed by atoms with Gasteiger partial charge in [0, 0.05) is 18.9 Å². The first-order chi connectivity index (χ1) is 6.65. The van der Waals surface area contributed by atoms with Crippen LogP contribution in [0.5, 0.6) is 0 Å². The lowest BCUT2D eigenvalue weighted by molar-refractivity contribution is -0.130. The number of rotatable bonds is 3. The topological polar surface area (TPSA) is 44.8 Å². The van der Waals surface area contributed by atoms with Gasteiger partial charge in [0.2, 0.25) is 0 Å². The fourth-order valence-electron chi connectivity index (χ4n) is 1.74. The first kappa shape index (κ1) is 12.9. The average molecular weight is 256 g/mol. The standard InChI is InChI=1S/C7H15O4P3/c1-3-5(10-12)7(14-8)6(11-13)4(2)9-3/h3-7H,12-13H2,1-2H3. The fourth-order valence-corrected chi connectivity index (χ4v) is 3.65. The van der Waals surface area contributed by atoms with Crippen molar-refractivity contribution in [1.29, 1.82) is 0 Å². The lowest BCUT2D eigenvalue weighted by atomic mass is 9.99. The summed E-state index contributed by atoms with van der Waals surface area (Å²) in [6.45, 7) is 3.81. The van der Waals surface area contributed by atoms with Gasteiger partial charge in [-0.25, -0.2) is 0 Å². The molecule has 1 aliphatic heterocycles. The number of ether oxygens (including phenoxy) is 1. The van der Waals surface area contributed by atoms with E-state index in [2.05, 4.69) is 18.9 Å². The molecule has 0 radical (unpaired) electrons. The van der Waals surface area contributed by atoms with Crippen LogP contribution in [0.25, 0.3) is 0 Å². The van der Waals surface area contributed by atoms with Gasteiger partial charge in [-0.3, -0.25) is 4.57 Å². The summed E-state index contributed by atoms with van der Waals surface area (Å²) in [5.74, 6) is 0. The SMILES string of the molecule is CC1OC(C)C(OP)C(P=O)C1OP. The van der Waals surface area contributed by atoms with Gasteiger partial charge in [0.05, 0.1) is 17.9 Å². The van der Waals surface area contributed by atoms with Crippen LogP contribution < -0.4 is 0 Å². The van der Waals surface area contributed by atoms with E-state index in [1.54, 1.807) is 0 Å². The van der Waals surface area contributed by atoms with Crippen LogP contribution >= 0.6 is 27.4 Å². The van der Waals surface area contributed by atoms with Crippen molar-refractivity contribution in [2.75, 3.05) is 0 Å². The molecule has 1 aliphatic rings. The molecule has 0 aromatic rings. The molecule has 4 nitrogen and oxygen atoms in total. The van der Waals surface area contributed by atoms with Crippen LogP contribution in [0.1, 0.15) is 13.8 Å². The Labute approximate surface area is 90.2 Å². The molecular formula is C7H15O4P3. The van der Waals surface area contributed by atoms with E-state index in [-0.39, 0.29) is 38.5 Å². The van der Waals surface area contributed by atoms with Crippen molar-refractivity contribution in [2.45, 2.75) is 43.9 Å². The Kier molecular flexibility index (Phi) is 5.34. The van der Waals surface area contributed by atoms with Gasteiger partial charge in [-0.1, -0.05) is 0 Å². The smallest absolute Gasteiger partial charge is 0.164 e. The molecule has 1 rings (SSSR count). The maximum atomic E-state index is 11.1. The predicted octanol–water partition coefficient (Wildman–Crippen LogP) is 1.80. The quantitative estimate of drug-likeness (QED) is 0.722. The van der Waals surface area contributed by atoms with Crippen molar-refractivity contribution in [3.63, 3.8) is 0 Å². The largest absolute Gasteiger partial charge is 0.370 e. The third-order valence-electron chi connectivity index (χ3n) is 2.46. The van der Waals surface area contributed by atoms with Crippen LogP contribution in [0.15, 0.2) is 0 Å². The summed E-state index contributed by atoms with van der Waals surface area (Å²) in [7, 11) is 4.40. The number of hydrogen-bond donors (Lipinski definition) is 0. The van der Waals surface area contributed by atoms with Gasteiger partial charge in [0.25, 0.3) is 0 Å². The van der Waals surface area contributed by atoms with E-state index in [0.29, 0.717) is 0 Å². The molecule has 1 fully saturated rings. The van der Waals surface area contributed by atoms with Crippen LogP contribution in [-0.4, -0.2) is 30.1 Å². The molecule has 0 saturated carbocycles. The highest BCUT2D eigenvalue weighted by atomic mass is 31.1. The molecule has 0 aliphatic carbocycles. The van der Waals surface area contributed by atoms with Gasteiger partial charge in [-0.2, -0.15) is 0 Å². The minimum atomic E-state index is -0.221. The van der Waals surface area contributed by atoms with Crippen LogP contribution in [0, 0.1) is 0 Å². The monoisotopic (exact) mass is 256 g/mol. The first-order valence-corrected chi connectivity index (χ1v) is 6.17. The molecule has 0 N–H and O–H groups in total. The Morgan fingerprint density at radius 2 is 1.57 bits per heavy atom. The Hall–Kier alpha value is 0.840. The average Bonchev–Trinajstić information content (AvgIpc) is 2.16. The van der Waals surface area contributed by atoms with E-state index in [0.717, 1.165) is 0 Å². The zero-order valence-corrected chi connectivity index (χ0v) is 11.3. The Bertz CT molecular complexity index is 187. The summed E-state index contributed by atoms with van der Waals surface area (Å²) >= 11 is 0. The molecule has 82 valence electrons. The van der Waals surface area contributed by atoms with Crippen LogP contribution in [0.3, 0.4) is 0 Å². The summed E-state index contributed by atoms with van der Waals surface area (Å²) in [5, 5.41) is 0. The molecule has 1 saturated heterocycles. The predicted molar refractivity (Wildman–Crippen MR) is 60.6 cm³/mol. The van der Waals surface area contributed by atoms with Crippen LogP contribution in [0.2, 0.25) is 0 Å². The molecule has 1 heterocycles. The molecular weight excluding hydrogens is 241 g/mol.